The van der Waals surface area contributed by atoms with Crippen LogP contribution >= 0.6 is 0 Å². The number of methoxy groups -OCH3 is 1. The van der Waals surface area contributed by atoms with Crippen molar-refractivity contribution in [2.45, 2.75) is 5.92 Å². The largest absolute Gasteiger partial charge is 0.497 e. The highest BCUT2D eigenvalue weighted by Gasteiger charge is 2.20. The lowest BCUT2D eigenvalue weighted by molar-refractivity contribution is -0.120. The minimum atomic E-state index is -0.359. The molecule has 0 radical (unpaired) electrons. The lowest BCUT2D eigenvalue weighted by Crippen LogP contribution is -2.38. The number of fused-ring (bicyclic) bond motifs is 2. The molecule has 0 saturated carbocycles. The summed E-state index contributed by atoms with van der Waals surface area (Å²) < 4.78 is 15.9. The van der Waals surface area contributed by atoms with Crippen molar-refractivity contribution in [3.8, 4) is 17.2 Å². The lowest BCUT2D eigenvalue weighted by Gasteiger charge is -2.19. The highest BCUT2D eigenvalue weighted by atomic mass is 16.7. The third-order valence-corrected chi connectivity index (χ3v) is 6.06. The number of carbonyl (C=O) groups is 2. The zero-order valence-electron chi connectivity index (χ0n) is 19.2. The van der Waals surface area contributed by atoms with E-state index in [-0.39, 0.29) is 31.1 Å². The first-order valence-electron chi connectivity index (χ1n) is 11.3. The number of aromatic nitrogens is 1. The molecule has 1 unspecified atom stereocenters. The third kappa shape index (κ3) is 4.77. The van der Waals surface area contributed by atoms with Crippen LogP contribution in [0.1, 0.15) is 27.4 Å². The van der Waals surface area contributed by atoms with Crippen LogP contribution in [0.3, 0.4) is 0 Å². The molecule has 0 bridgehead atoms. The van der Waals surface area contributed by atoms with E-state index < -0.39 is 0 Å². The van der Waals surface area contributed by atoms with E-state index in [1.807, 2.05) is 48.7 Å². The maximum atomic E-state index is 12.6. The monoisotopic (exact) mass is 471 g/mol. The van der Waals surface area contributed by atoms with Crippen LogP contribution in [0, 0.1) is 0 Å². The van der Waals surface area contributed by atoms with Gasteiger partial charge in [-0.25, -0.2) is 0 Å². The highest BCUT2D eigenvalue weighted by Crippen LogP contribution is 2.33. The van der Waals surface area contributed by atoms with Gasteiger partial charge in [-0.3, -0.25) is 9.59 Å². The quantitative estimate of drug-likeness (QED) is 0.365. The molecule has 0 fully saturated rings. The molecule has 1 atom stereocenters. The zero-order valence-corrected chi connectivity index (χ0v) is 19.2. The van der Waals surface area contributed by atoms with Crippen LogP contribution in [0.2, 0.25) is 0 Å². The maximum Gasteiger partial charge on any atom is 0.251 e. The van der Waals surface area contributed by atoms with E-state index >= 15 is 0 Å². The van der Waals surface area contributed by atoms with Gasteiger partial charge in [0.2, 0.25) is 12.7 Å². The Morgan fingerprint density at radius 2 is 1.80 bits per heavy atom. The topological polar surface area (TPSA) is 102 Å². The Morgan fingerprint density at radius 3 is 2.63 bits per heavy atom. The van der Waals surface area contributed by atoms with Crippen molar-refractivity contribution in [2.24, 2.45) is 0 Å². The number of hydrogen-bond donors (Lipinski definition) is 3. The van der Waals surface area contributed by atoms with E-state index in [1.54, 1.807) is 25.3 Å². The van der Waals surface area contributed by atoms with Crippen molar-refractivity contribution >= 4 is 22.7 Å². The van der Waals surface area contributed by atoms with Crippen LogP contribution in [0.5, 0.6) is 17.2 Å². The Balaban J connectivity index is 1.27. The van der Waals surface area contributed by atoms with Gasteiger partial charge in [0.25, 0.3) is 5.91 Å². The Bertz CT molecular complexity index is 1360. The molecule has 4 aromatic rings. The van der Waals surface area contributed by atoms with Crippen LogP contribution in [0.25, 0.3) is 10.9 Å². The molecule has 35 heavy (non-hydrogen) atoms. The fourth-order valence-electron chi connectivity index (χ4n) is 4.20. The number of amides is 2. The minimum absolute atomic E-state index is 0.0921. The van der Waals surface area contributed by atoms with Crippen LogP contribution in [-0.2, 0) is 4.79 Å². The first-order valence-corrected chi connectivity index (χ1v) is 11.3. The molecule has 2 heterocycles. The van der Waals surface area contributed by atoms with Gasteiger partial charge < -0.3 is 29.8 Å². The number of ether oxygens (including phenoxy) is 3. The maximum absolute atomic E-state index is 12.6. The third-order valence-electron chi connectivity index (χ3n) is 6.06. The van der Waals surface area contributed by atoms with E-state index in [1.165, 1.54) is 0 Å². The van der Waals surface area contributed by atoms with Crippen molar-refractivity contribution in [1.82, 2.24) is 15.6 Å². The second-order valence-corrected chi connectivity index (χ2v) is 8.17. The summed E-state index contributed by atoms with van der Waals surface area (Å²) in [6.45, 7) is 0.359. The number of rotatable bonds is 8. The number of H-pyrrole nitrogens is 1. The molecule has 0 spiro atoms. The fourth-order valence-corrected chi connectivity index (χ4v) is 4.20. The molecule has 1 aromatic heterocycles. The molecule has 1 aliphatic heterocycles. The molecule has 178 valence electrons. The SMILES string of the molecule is COc1ccc(C(CNC(=O)CNC(=O)c2ccc3c(c2)OCO3)c2c[nH]c3ccccc23)cc1. The summed E-state index contributed by atoms with van der Waals surface area (Å²) in [4.78, 5) is 28.4. The second kappa shape index (κ2) is 9.80. The Labute approximate surface area is 202 Å². The van der Waals surface area contributed by atoms with Crippen molar-refractivity contribution in [3.05, 3.63) is 89.6 Å². The van der Waals surface area contributed by atoms with Gasteiger partial charge in [-0.2, -0.15) is 0 Å². The average Bonchev–Trinajstić information content (AvgIpc) is 3.54. The number of aromatic amines is 1. The van der Waals surface area contributed by atoms with Crippen LogP contribution in [0.4, 0.5) is 0 Å². The number of benzene rings is 3. The molecule has 2 amide bonds. The van der Waals surface area contributed by atoms with Gasteiger partial charge in [-0.05, 0) is 47.5 Å². The molecule has 3 aromatic carbocycles. The van der Waals surface area contributed by atoms with E-state index in [2.05, 4.69) is 21.7 Å². The molecule has 5 rings (SSSR count). The molecular formula is C27H25N3O5. The number of hydrogen-bond acceptors (Lipinski definition) is 5. The second-order valence-electron chi connectivity index (χ2n) is 8.17. The predicted molar refractivity (Wildman–Crippen MR) is 131 cm³/mol. The van der Waals surface area contributed by atoms with Crippen LogP contribution in [-0.4, -0.2) is 43.8 Å². The van der Waals surface area contributed by atoms with Gasteiger partial charge in [0.1, 0.15) is 5.75 Å². The van der Waals surface area contributed by atoms with Gasteiger partial charge >= 0.3 is 0 Å². The van der Waals surface area contributed by atoms with Gasteiger partial charge in [0, 0.05) is 35.1 Å². The van der Waals surface area contributed by atoms with Crippen LogP contribution < -0.4 is 24.8 Å². The van der Waals surface area contributed by atoms with E-state index in [0.29, 0.717) is 23.6 Å². The van der Waals surface area contributed by atoms with Crippen molar-refractivity contribution in [1.29, 1.82) is 0 Å². The number of carbonyl (C=O) groups excluding carboxylic acids is 2. The average molecular weight is 472 g/mol. The first-order chi connectivity index (χ1) is 17.1. The number of para-hydroxylation sites is 1. The minimum Gasteiger partial charge on any atom is -0.497 e. The summed E-state index contributed by atoms with van der Waals surface area (Å²) >= 11 is 0. The Hall–Kier alpha value is -4.46. The molecule has 8 nitrogen and oxygen atoms in total. The van der Waals surface area contributed by atoms with Crippen molar-refractivity contribution in [2.75, 3.05) is 27.0 Å². The Morgan fingerprint density at radius 1 is 1.00 bits per heavy atom. The molecule has 8 heteroatoms. The summed E-state index contributed by atoms with van der Waals surface area (Å²) in [6.07, 6.45) is 1.98. The van der Waals surface area contributed by atoms with Crippen LogP contribution in [0.15, 0.2) is 72.9 Å². The summed E-state index contributed by atoms with van der Waals surface area (Å²) in [7, 11) is 1.63. The summed E-state index contributed by atoms with van der Waals surface area (Å²) in [6, 6.07) is 20.8. The summed E-state index contributed by atoms with van der Waals surface area (Å²) in [5, 5.41) is 6.73. The Kier molecular flexibility index (Phi) is 6.26. The molecule has 0 saturated heterocycles. The van der Waals surface area contributed by atoms with Gasteiger partial charge in [-0.1, -0.05) is 30.3 Å². The molecular weight excluding hydrogens is 446 g/mol. The van der Waals surface area contributed by atoms with Crippen molar-refractivity contribution < 1.29 is 23.8 Å². The highest BCUT2D eigenvalue weighted by molar-refractivity contribution is 5.97. The smallest absolute Gasteiger partial charge is 0.251 e. The zero-order chi connectivity index (χ0) is 24.2. The van der Waals surface area contributed by atoms with Gasteiger partial charge in [0.15, 0.2) is 11.5 Å². The van der Waals surface area contributed by atoms with E-state index in [9.17, 15) is 9.59 Å². The van der Waals surface area contributed by atoms with E-state index in [0.717, 1.165) is 27.8 Å². The number of nitrogens with one attached hydrogen (secondary N) is 3. The normalized spacial score (nSPS) is 12.8. The summed E-state index contributed by atoms with van der Waals surface area (Å²) in [5.74, 6) is 1.15. The van der Waals surface area contributed by atoms with Gasteiger partial charge in [-0.15, -0.1) is 0 Å². The van der Waals surface area contributed by atoms with Gasteiger partial charge in [0.05, 0.1) is 13.7 Å². The van der Waals surface area contributed by atoms with E-state index in [4.69, 9.17) is 14.2 Å². The molecule has 1 aliphatic rings. The predicted octanol–water partition coefficient (Wildman–Crippen LogP) is 3.58. The fraction of sp³-hybridized carbons (Fsp3) is 0.185. The summed E-state index contributed by atoms with van der Waals surface area (Å²) in [5.41, 5.74) is 3.55. The van der Waals surface area contributed by atoms with Crippen molar-refractivity contribution in [3.63, 3.8) is 0 Å². The standard InChI is InChI=1S/C27H25N3O5/c1-33-19-9-6-17(7-10-19)21(22-14-28-23-5-3-2-4-20(22)23)13-29-26(31)15-30-27(32)18-8-11-24-25(12-18)35-16-34-24/h2-12,14,21,28H,13,15-16H2,1H3,(H,29,31)(H,30,32). The molecule has 0 aliphatic carbocycles. The first kappa shape index (κ1) is 22.3. The lowest BCUT2D eigenvalue weighted by atomic mass is 9.91. The molecule has 3 N–H and O–H groups in total.